The fraction of sp³-hybridized carbons (Fsp3) is 0.759. The zero-order chi connectivity index (χ0) is 26.1. The van der Waals surface area contributed by atoms with Crippen molar-refractivity contribution in [2.24, 2.45) is 23.2 Å². The molecule has 0 spiro atoms. The number of likely N-dealkylation sites (tertiary alicyclic amines) is 1. The second kappa shape index (κ2) is 7.92. The molecule has 1 aromatic carbocycles. The highest BCUT2D eigenvalue weighted by atomic mass is 32.2. The molecule has 2 saturated heterocycles. The fourth-order valence-corrected chi connectivity index (χ4v) is 9.32. The Balaban J connectivity index is 1.14. The van der Waals surface area contributed by atoms with Crippen molar-refractivity contribution in [1.82, 2.24) is 4.90 Å². The Hall–Kier alpha value is -1.22. The molecule has 8 heteroatoms. The fourth-order valence-electron chi connectivity index (χ4n) is 8.11. The van der Waals surface area contributed by atoms with Gasteiger partial charge in [0.2, 0.25) is 5.79 Å². The maximum absolute atomic E-state index is 13.3. The molecule has 2 bridgehead atoms. The number of nitrogens with zero attached hydrogens (tertiary/aromatic N) is 1. The molecule has 200 valence electrons. The van der Waals surface area contributed by atoms with E-state index >= 15 is 0 Å². The highest BCUT2D eigenvalue weighted by Crippen LogP contribution is 2.68. The topological polar surface area (TPSA) is 57.2 Å². The predicted molar refractivity (Wildman–Crippen MR) is 144 cm³/mol. The average molecular weight is 526 g/mol. The molecule has 3 aliphatic heterocycles. The number of rotatable bonds is 5. The summed E-state index contributed by atoms with van der Waals surface area (Å²) in [5.41, 5.74) is 1.85. The monoisotopic (exact) mass is 525 g/mol. The predicted octanol–water partition coefficient (Wildman–Crippen LogP) is 5.60. The average Bonchev–Trinajstić information content (AvgIpc) is 3.48. The number of carbonyl (C=O) groups excluding carboxylic acids is 1. The van der Waals surface area contributed by atoms with E-state index in [-0.39, 0.29) is 30.7 Å². The summed E-state index contributed by atoms with van der Waals surface area (Å²) in [6.45, 7) is 15.2. The van der Waals surface area contributed by atoms with E-state index < -0.39 is 5.79 Å². The molecular weight excluding hydrogens is 485 g/mol. The number of esters is 1. The van der Waals surface area contributed by atoms with Crippen LogP contribution >= 0.6 is 11.8 Å². The molecule has 8 rings (SSSR count). The van der Waals surface area contributed by atoms with Crippen molar-refractivity contribution in [3.63, 3.8) is 0 Å². The van der Waals surface area contributed by atoms with Crippen molar-refractivity contribution < 1.29 is 23.6 Å². The van der Waals surface area contributed by atoms with Crippen LogP contribution < -0.4 is 4.74 Å². The van der Waals surface area contributed by atoms with Crippen LogP contribution in [0.2, 0.25) is 5.82 Å². The van der Waals surface area contributed by atoms with Gasteiger partial charge in [0.25, 0.3) is 0 Å². The van der Waals surface area contributed by atoms with Gasteiger partial charge in [0.05, 0.1) is 11.7 Å². The van der Waals surface area contributed by atoms with Gasteiger partial charge in [0.1, 0.15) is 11.3 Å². The van der Waals surface area contributed by atoms with E-state index in [1.807, 2.05) is 13.8 Å². The molecule has 6 nitrogen and oxygen atoms in total. The number of benzene rings is 1. The van der Waals surface area contributed by atoms with Crippen LogP contribution in [0.4, 0.5) is 0 Å². The Morgan fingerprint density at radius 1 is 1.08 bits per heavy atom. The third kappa shape index (κ3) is 3.68. The SMILES string of the molecule is C[C@H](Sc1ccc([C@@H]2C[C@@H]2B2O[C@H]3C[C@H]4C[C@H](C4(C)C)[C@]3(C)O2)c2c1C(=O)OC(C)(C)O2)C1CN(C)C1. The minimum absolute atomic E-state index is 0.181. The van der Waals surface area contributed by atoms with Gasteiger partial charge in [-0.15, -0.1) is 11.8 Å². The second-order valence-electron chi connectivity index (χ2n) is 13.9. The lowest BCUT2D eigenvalue weighted by molar-refractivity contribution is -0.199. The van der Waals surface area contributed by atoms with E-state index in [0.717, 1.165) is 42.3 Å². The third-order valence-electron chi connectivity index (χ3n) is 10.7. The number of hydrogen-bond donors (Lipinski definition) is 0. The maximum atomic E-state index is 13.3. The number of carbonyl (C=O) groups is 1. The minimum atomic E-state index is -0.982. The van der Waals surface area contributed by atoms with Gasteiger partial charge >= 0.3 is 13.1 Å². The van der Waals surface area contributed by atoms with Gasteiger partial charge in [-0.3, -0.25) is 0 Å². The maximum Gasteiger partial charge on any atom is 0.461 e. The van der Waals surface area contributed by atoms with E-state index in [1.54, 1.807) is 11.8 Å². The van der Waals surface area contributed by atoms with Crippen molar-refractivity contribution in [1.29, 1.82) is 0 Å². The van der Waals surface area contributed by atoms with Crippen molar-refractivity contribution in [2.75, 3.05) is 20.1 Å². The first kappa shape index (κ1) is 24.8. The Morgan fingerprint density at radius 3 is 2.54 bits per heavy atom. The smallest absolute Gasteiger partial charge is 0.452 e. The number of hydrogen-bond acceptors (Lipinski definition) is 7. The first-order chi connectivity index (χ1) is 17.4. The number of ether oxygens (including phenoxy) is 2. The van der Waals surface area contributed by atoms with Gasteiger partial charge in [-0.1, -0.05) is 26.8 Å². The third-order valence-corrected chi connectivity index (χ3v) is 12.0. The summed E-state index contributed by atoms with van der Waals surface area (Å²) in [4.78, 5) is 16.6. The summed E-state index contributed by atoms with van der Waals surface area (Å²) in [5.74, 6) is 1.95. The zero-order valence-corrected chi connectivity index (χ0v) is 24.0. The molecule has 6 fully saturated rings. The second-order valence-corrected chi connectivity index (χ2v) is 15.3. The molecule has 0 N–H and O–H groups in total. The van der Waals surface area contributed by atoms with Crippen LogP contribution in [0.15, 0.2) is 17.0 Å². The van der Waals surface area contributed by atoms with Gasteiger partial charge in [-0.25, -0.2) is 4.79 Å². The number of fused-ring (bicyclic) bond motifs is 1. The van der Waals surface area contributed by atoms with Crippen LogP contribution in [0.1, 0.15) is 82.6 Å². The van der Waals surface area contributed by atoms with Crippen LogP contribution in [0, 0.1) is 23.2 Å². The Labute approximate surface area is 225 Å². The van der Waals surface area contributed by atoms with E-state index in [9.17, 15) is 4.79 Å². The van der Waals surface area contributed by atoms with Crippen LogP contribution in [0.5, 0.6) is 5.75 Å². The highest BCUT2D eigenvalue weighted by molar-refractivity contribution is 8.00. The lowest BCUT2D eigenvalue weighted by Crippen LogP contribution is -2.65. The standard InChI is InChI=1S/C29H40BNO5S/c1-15(16-13-31(7)14-16)37-21-9-8-18(25-24(21)26(32)34-28(4,5)33-25)19-12-20(19)30-35-23-11-17-10-22(27(17,2)3)29(23,6)36-30/h8-9,15-17,19-20,22-23H,10-14H2,1-7H3/t15-,17+,19-,20-,22+,23-,29-/m0/s1. The lowest BCUT2D eigenvalue weighted by Gasteiger charge is -2.64. The molecule has 3 heterocycles. The van der Waals surface area contributed by atoms with Gasteiger partial charge < -0.3 is 23.7 Å². The van der Waals surface area contributed by atoms with E-state index in [2.05, 4.69) is 51.8 Å². The molecule has 37 heavy (non-hydrogen) atoms. The molecule has 0 aromatic heterocycles. The summed E-state index contributed by atoms with van der Waals surface area (Å²) in [6, 6.07) is 4.30. The molecule has 0 radical (unpaired) electrons. The molecule has 7 atom stereocenters. The quantitative estimate of drug-likeness (QED) is 0.282. The van der Waals surface area contributed by atoms with Crippen molar-refractivity contribution in [2.45, 2.75) is 100 Å². The lowest BCUT2D eigenvalue weighted by atomic mass is 9.43. The molecular formula is C29H40BNO5S. The first-order valence-corrected chi connectivity index (χ1v) is 15.0. The van der Waals surface area contributed by atoms with Gasteiger partial charge in [0.15, 0.2) is 0 Å². The van der Waals surface area contributed by atoms with E-state index in [0.29, 0.717) is 39.6 Å². The van der Waals surface area contributed by atoms with Crippen molar-refractivity contribution in [3.05, 3.63) is 23.3 Å². The molecule has 1 aromatic rings. The largest absolute Gasteiger partial charge is 0.461 e. The van der Waals surface area contributed by atoms with Crippen molar-refractivity contribution >= 4 is 24.8 Å². The summed E-state index contributed by atoms with van der Waals surface area (Å²) in [5, 5.41) is 0.419. The molecule has 0 unspecified atom stereocenters. The highest BCUT2D eigenvalue weighted by Gasteiger charge is 2.70. The summed E-state index contributed by atoms with van der Waals surface area (Å²) in [7, 11) is 1.97. The van der Waals surface area contributed by atoms with Crippen LogP contribution in [-0.2, 0) is 14.0 Å². The van der Waals surface area contributed by atoms with E-state index in [1.165, 1.54) is 6.42 Å². The summed E-state index contributed by atoms with van der Waals surface area (Å²) >= 11 is 1.78. The van der Waals surface area contributed by atoms with Crippen molar-refractivity contribution in [3.8, 4) is 5.75 Å². The van der Waals surface area contributed by atoms with E-state index in [4.69, 9.17) is 18.8 Å². The Bertz CT molecular complexity index is 1150. The zero-order valence-electron chi connectivity index (χ0n) is 23.2. The van der Waals surface area contributed by atoms with Crippen LogP contribution in [0.3, 0.4) is 0 Å². The van der Waals surface area contributed by atoms with Gasteiger partial charge in [-0.2, -0.15) is 0 Å². The number of cyclic esters (lactones) is 1. The first-order valence-electron chi connectivity index (χ1n) is 14.1. The van der Waals surface area contributed by atoms with Gasteiger partial charge in [0, 0.05) is 42.9 Å². The summed E-state index contributed by atoms with van der Waals surface area (Å²) < 4.78 is 25.5. The molecule has 0 amide bonds. The number of thioether (sulfide) groups is 1. The molecule has 4 aliphatic carbocycles. The normalized spacial score (nSPS) is 40.0. The molecule has 4 saturated carbocycles. The van der Waals surface area contributed by atoms with Crippen LogP contribution in [-0.4, -0.2) is 60.9 Å². The Kier molecular flexibility index (Phi) is 5.31. The molecule has 7 aliphatic rings. The summed E-state index contributed by atoms with van der Waals surface area (Å²) in [6.07, 6.45) is 3.55. The van der Waals surface area contributed by atoms with Crippen LogP contribution in [0.25, 0.3) is 0 Å². The van der Waals surface area contributed by atoms with Gasteiger partial charge in [-0.05, 0) is 74.0 Å². The minimum Gasteiger partial charge on any atom is -0.452 e. The Morgan fingerprint density at radius 2 is 1.84 bits per heavy atom.